The van der Waals surface area contributed by atoms with Crippen LogP contribution >= 0.6 is 0 Å². The molecule has 2 fully saturated rings. The SMILES string of the molecule is CCOC(=O)C[C@H](CC)NC(=O)[C@@H]1CCCN(C(=O)CCC2CCN(C(=O)OC(C)(C)C)CC2)C1. The molecule has 2 heterocycles. The van der Waals surface area contributed by atoms with E-state index in [2.05, 4.69) is 5.32 Å². The molecule has 200 valence electrons. The van der Waals surface area contributed by atoms with Crippen molar-refractivity contribution >= 4 is 23.9 Å². The summed E-state index contributed by atoms with van der Waals surface area (Å²) >= 11 is 0. The van der Waals surface area contributed by atoms with Gasteiger partial charge in [0.25, 0.3) is 0 Å². The van der Waals surface area contributed by atoms with Crippen LogP contribution in [0.25, 0.3) is 0 Å². The lowest BCUT2D eigenvalue weighted by Crippen LogP contribution is -2.48. The first-order valence-corrected chi connectivity index (χ1v) is 13.2. The van der Waals surface area contributed by atoms with E-state index in [1.165, 1.54) is 0 Å². The van der Waals surface area contributed by atoms with Gasteiger partial charge < -0.3 is 24.6 Å². The molecule has 0 spiro atoms. The summed E-state index contributed by atoms with van der Waals surface area (Å²) in [6, 6.07) is -0.251. The number of rotatable bonds is 9. The summed E-state index contributed by atoms with van der Waals surface area (Å²) in [6.45, 7) is 12.0. The minimum Gasteiger partial charge on any atom is -0.466 e. The van der Waals surface area contributed by atoms with Gasteiger partial charge in [-0.15, -0.1) is 0 Å². The van der Waals surface area contributed by atoms with Crippen LogP contribution in [-0.2, 0) is 23.9 Å². The standard InChI is InChI=1S/C26H45N3O6/c1-6-21(17-23(31)34-7-2)27-24(32)20-9-8-14-29(18-20)22(30)11-10-19-12-15-28(16-13-19)25(33)35-26(3,4)5/h19-21H,6-18H2,1-5H3,(H,27,32)/t20-,21+/m1/s1. The number of ether oxygens (including phenoxy) is 2. The van der Waals surface area contributed by atoms with E-state index in [4.69, 9.17) is 9.47 Å². The molecule has 3 amide bonds. The van der Waals surface area contributed by atoms with Crippen molar-refractivity contribution in [1.82, 2.24) is 15.1 Å². The lowest BCUT2D eigenvalue weighted by atomic mass is 9.91. The molecule has 9 heteroatoms. The molecule has 0 aromatic carbocycles. The molecule has 0 radical (unpaired) electrons. The van der Waals surface area contributed by atoms with E-state index in [-0.39, 0.29) is 42.3 Å². The third-order valence-electron chi connectivity index (χ3n) is 6.74. The summed E-state index contributed by atoms with van der Waals surface area (Å²) in [5.41, 5.74) is -0.498. The molecule has 2 atom stereocenters. The summed E-state index contributed by atoms with van der Waals surface area (Å²) in [6.07, 6.45) is 5.09. The lowest BCUT2D eigenvalue weighted by Gasteiger charge is -2.35. The fourth-order valence-electron chi connectivity index (χ4n) is 4.67. The van der Waals surface area contributed by atoms with Crippen LogP contribution in [0.15, 0.2) is 0 Å². The van der Waals surface area contributed by atoms with Crippen molar-refractivity contribution < 1.29 is 28.7 Å². The first-order chi connectivity index (χ1) is 16.5. The van der Waals surface area contributed by atoms with Gasteiger partial charge in [0.05, 0.1) is 18.9 Å². The van der Waals surface area contributed by atoms with E-state index in [1.54, 1.807) is 11.8 Å². The Morgan fingerprint density at radius 2 is 1.69 bits per heavy atom. The van der Waals surface area contributed by atoms with E-state index in [0.717, 1.165) is 32.1 Å². The van der Waals surface area contributed by atoms with Gasteiger partial charge in [0.2, 0.25) is 11.8 Å². The molecule has 0 aliphatic carbocycles. The normalized spacial score (nSPS) is 20.2. The quantitative estimate of drug-likeness (QED) is 0.491. The van der Waals surface area contributed by atoms with Gasteiger partial charge in [0.1, 0.15) is 5.60 Å². The van der Waals surface area contributed by atoms with Gasteiger partial charge in [-0.1, -0.05) is 6.92 Å². The maximum absolute atomic E-state index is 12.9. The van der Waals surface area contributed by atoms with Crippen LogP contribution in [0.3, 0.4) is 0 Å². The van der Waals surface area contributed by atoms with Crippen LogP contribution in [0.1, 0.15) is 86.0 Å². The Kier molecular flexibility index (Phi) is 11.3. The monoisotopic (exact) mass is 495 g/mol. The molecule has 0 unspecified atom stereocenters. The number of hydrogen-bond donors (Lipinski definition) is 1. The second-order valence-electron chi connectivity index (χ2n) is 10.8. The van der Waals surface area contributed by atoms with Gasteiger partial charge in [0.15, 0.2) is 0 Å². The Hall–Kier alpha value is -2.32. The average molecular weight is 496 g/mol. The minimum absolute atomic E-state index is 0.0897. The third kappa shape index (κ3) is 10.1. The molecule has 0 aromatic rings. The molecular weight excluding hydrogens is 450 g/mol. The molecule has 9 nitrogen and oxygen atoms in total. The summed E-state index contributed by atoms with van der Waals surface area (Å²) in [4.78, 5) is 53.3. The van der Waals surface area contributed by atoms with E-state index < -0.39 is 5.60 Å². The predicted octanol–water partition coefficient (Wildman–Crippen LogP) is 3.50. The Labute approximate surface area is 210 Å². The number of likely N-dealkylation sites (tertiary alicyclic amines) is 2. The van der Waals surface area contributed by atoms with Crippen molar-refractivity contribution in [2.24, 2.45) is 11.8 Å². The number of hydrogen-bond acceptors (Lipinski definition) is 6. The highest BCUT2D eigenvalue weighted by atomic mass is 16.6. The third-order valence-corrected chi connectivity index (χ3v) is 6.74. The first kappa shape index (κ1) is 28.9. The first-order valence-electron chi connectivity index (χ1n) is 13.2. The molecule has 0 aromatic heterocycles. The molecule has 2 aliphatic heterocycles. The highest BCUT2D eigenvalue weighted by Gasteiger charge is 2.31. The lowest BCUT2D eigenvalue weighted by molar-refractivity contribution is -0.143. The number of carbonyl (C=O) groups is 4. The fourth-order valence-corrected chi connectivity index (χ4v) is 4.67. The second-order valence-corrected chi connectivity index (χ2v) is 10.8. The predicted molar refractivity (Wildman–Crippen MR) is 133 cm³/mol. The number of esters is 1. The van der Waals surface area contributed by atoms with Crippen LogP contribution in [-0.4, -0.2) is 78.1 Å². The van der Waals surface area contributed by atoms with Crippen LogP contribution < -0.4 is 5.32 Å². The van der Waals surface area contributed by atoms with Crippen LogP contribution in [0, 0.1) is 11.8 Å². The Morgan fingerprint density at radius 1 is 1.00 bits per heavy atom. The van der Waals surface area contributed by atoms with Crippen molar-refractivity contribution in [1.29, 1.82) is 0 Å². The van der Waals surface area contributed by atoms with E-state index in [9.17, 15) is 19.2 Å². The zero-order valence-electron chi connectivity index (χ0n) is 22.3. The maximum atomic E-state index is 12.9. The summed E-state index contributed by atoms with van der Waals surface area (Å²) in [7, 11) is 0. The summed E-state index contributed by atoms with van der Waals surface area (Å²) in [5, 5.41) is 2.98. The van der Waals surface area contributed by atoms with Crippen molar-refractivity contribution in [3.05, 3.63) is 0 Å². The van der Waals surface area contributed by atoms with Gasteiger partial charge in [-0.3, -0.25) is 14.4 Å². The van der Waals surface area contributed by atoms with Crippen molar-refractivity contribution in [2.75, 3.05) is 32.8 Å². The minimum atomic E-state index is -0.498. The van der Waals surface area contributed by atoms with E-state index in [1.807, 2.05) is 32.6 Å². The van der Waals surface area contributed by atoms with Gasteiger partial charge in [-0.2, -0.15) is 0 Å². The van der Waals surface area contributed by atoms with Gasteiger partial charge >= 0.3 is 12.1 Å². The van der Waals surface area contributed by atoms with E-state index >= 15 is 0 Å². The topological polar surface area (TPSA) is 105 Å². The van der Waals surface area contributed by atoms with Crippen LogP contribution in [0.2, 0.25) is 0 Å². The Balaban J connectivity index is 1.74. The highest BCUT2D eigenvalue weighted by Crippen LogP contribution is 2.25. The second kappa shape index (κ2) is 13.7. The smallest absolute Gasteiger partial charge is 0.410 e. The molecule has 35 heavy (non-hydrogen) atoms. The molecule has 2 saturated heterocycles. The zero-order valence-corrected chi connectivity index (χ0v) is 22.3. The highest BCUT2D eigenvalue weighted by molar-refractivity contribution is 5.82. The van der Waals surface area contributed by atoms with Crippen LogP contribution in [0.5, 0.6) is 0 Å². The maximum Gasteiger partial charge on any atom is 0.410 e. The van der Waals surface area contributed by atoms with Crippen molar-refractivity contribution in [3.8, 4) is 0 Å². The van der Waals surface area contributed by atoms with E-state index in [0.29, 0.717) is 51.5 Å². The molecular formula is C26H45N3O6. The van der Waals surface area contributed by atoms with Gasteiger partial charge in [0, 0.05) is 38.6 Å². The van der Waals surface area contributed by atoms with Crippen molar-refractivity contribution in [2.45, 2.75) is 97.6 Å². The number of nitrogens with one attached hydrogen (secondary N) is 1. The Bertz CT molecular complexity index is 727. The zero-order chi connectivity index (χ0) is 26.0. The Morgan fingerprint density at radius 3 is 2.29 bits per heavy atom. The molecule has 0 saturated carbocycles. The number of piperidine rings is 2. The molecule has 0 bridgehead atoms. The molecule has 2 rings (SSSR count). The van der Waals surface area contributed by atoms with Gasteiger partial charge in [-0.25, -0.2) is 4.79 Å². The summed E-state index contributed by atoms with van der Waals surface area (Å²) < 4.78 is 10.4. The number of amides is 3. The molecule has 2 aliphatic rings. The molecule has 1 N–H and O–H groups in total. The van der Waals surface area contributed by atoms with Crippen LogP contribution in [0.4, 0.5) is 4.79 Å². The average Bonchev–Trinajstić information content (AvgIpc) is 2.81. The summed E-state index contributed by atoms with van der Waals surface area (Å²) in [5.74, 6) is -0.142. The fraction of sp³-hybridized carbons (Fsp3) is 0.846. The van der Waals surface area contributed by atoms with Gasteiger partial charge in [-0.05, 0) is 72.1 Å². The largest absolute Gasteiger partial charge is 0.466 e. The number of carbonyl (C=O) groups excluding carboxylic acids is 4. The van der Waals surface area contributed by atoms with Crippen molar-refractivity contribution in [3.63, 3.8) is 0 Å². The number of nitrogens with zero attached hydrogens (tertiary/aromatic N) is 2.